The number of rotatable bonds is 6. The molecule has 1 atom stereocenters. The Labute approximate surface area is 187 Å². The van der Waals surface area contributed by atoms with E-state index >= 15 is 0 Å². The molecule has 0 radical (unpaired) electrons. The molecular weight excluding hydrogens is 400 g/mol. The maximum atomic E-state index is 11.5. The number of hydrogen-bond donors (Lipinski definition) is 3. The van der Waals surface area contributed by atoms with E-state index in [9.17, 15) is 9.59 Å². The van der Waals surface area contributed by atoms with Crippen LogP contribution in [0.5, 0.6) is 0 Å². The molecule has 0 aromatic carbocycles. The number of thioether (sulfide) groups is 1. The lowest BCUT2D eigenvalue weighted by molar-refractivity contribution is -0.140. The van der Waals surface area contributed by atoms with Gasteiger partial charge in [-0.1, -0.05) is 38.5 Å². The van der Waals surface area contributed by atoms with Gasteiger partial charge in [-0.05, 0) is 66.6 Å². The van der Waals surface area contributed by atoms with Gasteiger partial charge in [0, 0.05) is 16.8 Å². The van der Waals surface area contributed by atoms with Crippen molar-refractivity contribution in [1.29, 1.82) is 0 Å². The van der Waals surface area contributed by atoms with Gasteiger partial charge in [0.25, 0.3) is 0 Å². The van der Waals surface area contributed by atoms with Crippen molar-refractivity contribution in [3.05, 3.63) is 0 Å². The molecule has 2 rings (SSSR count). The lowest BCUT2D eigenvalue weighted by Gasteiger charge is -2.31. The van der Waals surface area contributed by atoms with Gasteiger partial charge in [0.05, 0.1) is 0 Å². The number of amides is 1. The van der Waals surface area contributed by atoms with Gasteiger partial charge in [-0.15, -0.1) is 0 Å². The minimum atomic E-state index is -1.07. The average molecular weight is 445 g/mol. The Morgan fingerprint density at radius 1 is 0.900 bits per heavy atom. The van der Waals surface area contributed by atoms with Crippen LogP contribution in [0.3, 0.4) is 0 Å². The molecule has 0 spiro atoms. The molecule has 0 bridgehead atoms. The Bertz CT molecular complexity index is 506. The summed E-state index contributed by atoms with van der Waals surface area (Å²) in [5.74, 6) is -1.07. The summed E-state index contributed by atoms with van der Waals surface area (Å²) in [5.41, 5.74) is -0.642. The molecule has 2 saturated carbocycles. The zero-order chi connectivity index (χ0) is 22.8. The van der Waals surface area contributed by atoms with Crippen molar-refractivity contribution in [2.45, 2.75) is 127 Å². The molecule has 7 heteroatoms. The number of nitrogens with one attached hydrogen (secondary N) is 2. The molecule has 0 aliphatic heterocycles. The monoisotopic (exact) mass is 444 g/mol. The second kappa shape index (κ2) is 12.8. The van der Waals surface area contributed by atoms with E-state index in [0.717, 1.165) is 12.1 Å². The van der Waals surface area contributed by atoms with Crippen LogP contribution in [0.4, 0.5) is 4.79 Å². The predicted octanol–water partition coefficient (Wildman–Crippen LogP) is 5.35. The number of carbonyl (C=O) groups excluding carboxylic acids is 1. The van der Waals surface area contributed by atoms with Crippen LogP contribution in [0.1, 0.15) is 98.8 Å². The SMILES string of the molecule is C1CCC(NC2CCCCC2)CC1.CSC(C)(C)[C@H](NC(=O)OC(C)(C)C)C(=O)O. The second-order valence-electron chi connectivity index (χ2n) is 10.1. The number of carboxylic acid groups (broad SMARTS) is 1. The van der Waals surface area contributed by atoms with E-state index in [0.29, 0.717) is 0 Å². The van der Waals surface area contributed by atoms with E-state index in [4.69, 9.17) is 9.84 Å². The first-order chi connectivity index (χ1) is 13.9. The number of carbonyl (C=O) groups is 2. The van der Waals surface area contributed by atoms with Crippen LogP contribution in [0.15, 0.2) is 0 Å². The lowest BCUT2D eigenvalue weighted by Crippen LogP contribution is -2.53. The highest BCUT2D eigenvalue weighted by atomic mass is 32.2. The van der Waals surface area contributed by atoms with Crippen molar-refractivity contribution in [2.75, 3.05) is 6.26 Å². The Balaban J connectivity index is 0.000000308. The highest BCUT2D eigenvalue weighted by molar-refractivity contribution is 8.00. The Hall–Kier alpha value is -0.950. The van der Waals surface area contributed by atoms with Crippen LogP contribution in [-0.2, 0) is 9.53 Å². The van der Waals surface area contributed by atoms with Gasteiger partial charge in [0.15, 0.2) is 0 Å². The summed E-state index contributed by atoms with van der Waals surface area (Å²) in [6.07, 6.45) is 15.6. The van der Waals surface area contributed by atoms with Gasteiger partial charge >= 0.3 is 12.1 Å². The Kier molecular flexibility index (Phi) is 11.6. The van der Waals surface area contributed by atoms with Gasteiger partial charge in [-0.2, -0.15) is 11.8 Å². The van der Waals surface area contributed by atoms with Gasteiger partial charge in [0.1, 0.15) is 11.6 Å². The Morgan fingerprint density at radius 2 is 1.33 bits per heavy atom. The van der Waals surface area contributed by atoms with E-state index in [1.807, 2.05) is 0 Å². The second-order valence-corrected chi connectivity index (χ2v) is 11.5. The number of aliphatic carboxylic acids is 1. The highest BCUT2D eigenvalue weighted by Crippen LogP contribution is 2.26. The van der Waals surface area contributed by atoms with E-state index < -0.39 is 28.5 Å². The van der Waals surface area contributed by atoms with Crippen LogP contribution in [0, 0.1) is 0 Å². The van der Waals surface area contributed by atoms with Crippen LogP contribution in [-0.4, -0.2) is 51.9 Å². The van der Waals surface area contributed by atoms with Crippen molar-refractivity contribution >= 4 is 23.8 Å². The van der Waals surface area contributed by atoms with Crippen molar-refractivity contribution < 1.29 is 19.4 Å². The third-order valence-corrected chi connectivity index (χ3v) is 7.10. The Morgan fingerprint density at radius 3 is 1.67 bits per heavy atom. The van der Waals surface area contributed by atoms with E-state index in [1.165, 1.54) is 76.0 Å². The van der Waals surface area contributed by atoms with Crippen LogP contribution < -0.4 is 10.6 Å². The quantitative estimate of drug-likeness (QED) is 0.512. The fraction of sp³-hybridized carbons (Fsp3) is 0.913. The average Bonchev–Trinajstić information content (AvgIpc) is 2.66. The summed E-state index contributed by atoms with van der Waals surface area (Å²) in [6, 6.07) is 0.751. The summed E-state index contributed by atoms with van der Waals surface area (Å²) < 4.78 is 4.43. The van der Waals surface area contributed by atoms with E-state index in [1.54, 1.807) is 40.9 Å². The minimum absolute atomic E-state index is 0.608. The zero-order valence-electron chi connectivity index (χ0n) is 19.9. The van der Waals surface area contributed by atoms with Crippen LogP contribution in [0.2, 0.25) is 0 Å². The van der Waals surface area contributed by atoms with E-state index in [2.05, 4.69) is 10.6 Å². The third-order valence-electron chi connectivity index (χ3n) is 5.81. The highest BCUT2D eigenvalue weighted by Gasteiger charge is 2.37. The van der Waals surface area contributed by atoms with Crippen molar-refractivity contribution in [3.8, 4) is 0 Å². The van der Waals surface area contributed by atoms with Crippen molar-refractivity contribution in [1.82, 2.24) is 10.6 Å². The molecule has 30 heavy (non-hydrogen) atoms. The maximum Gasteiger partial charge on any atom is 0.408 e. The molecule has 0 unspecified atom stereocenters. The molecule has 1 amide bonds. The maximum absolute atomic E-state index is 11.5. The fourth-order valence-electron chi connectivity index (χ4n) is 3.95. The molecular formula is C23H44N2O4S. The predicted molar refractivity (Wildman–Crippen MR) is 125 cm³/mol. The minimum Gasteiger partial charge on any atom is -0.480 e. The number of carboxylic acids is 1. The first-order valence-electron chi connectivity index (χ1n) is 11.5. The normalized spacial score (nSPS) is 19.9. The van der Waals surface area contributed by atoms with Gasteiger partial charge in [0.2, 0.25) is 0 Å². The lowest BCUT2D eigenvalue weighted by atomic mass is 9.91. The summed E-state index contributed by atoms with van der Waals surface area (Å²) in [6.45, 7) is 8.69. The number of hydrogen-bond acceptors (Lipinski definition) is 5. The van der Waals surface area contributed by atoms with Gasteiger partial charge in [-0.25, -0.2) is 9.59 Å². The molecule has 0 aromatic heterocycles. The summed E-state index contributed by atoms with van der Waals surface area (Å²) >= 11 is 1.37. The van der Waals surface area contributed by atoms with Crippen LogP contribution in [0.25, 0.3) is 0 Å². The molecule has 2 aliphatic rings. The fourth-order valence-corrected chi connectivity index (χ4v) is 4.34. The first kappa shape index (κ1) is 27.1. The molecule has 2 fully saturated rings. The molecule has 176 valence electrons. The molecule has 0 saturated heterocycles. The third kappa shape index (κ3) is 10.9. The van der Waals surface area contributed by atoms with Crippen LogP contribution >= 0.6 is 11.8 Å². The topological polar surface area (TPSA) is 87.7 Å². The molecule has 0 aromatic rings. The smallest absolute Gasteiger partial charge is 0.408 e. The van der Waals surface area contributed by atoms with Crippen molar-refractivity contribution in [2.24, 2.45) is 0 Å². The summed E-state index contributed by atoms with van der Waals surface area (Å²) in [4.78, 5) is 22.7. The van der Waals surface area contributed by atoms with Gasteiger partial charge < -0.3 is 20.5 Å². The van der Waals surface area contributed by atoms with Gasteiger partial charge in [-0.3, -0.25) is 0 Å². The first-order valence-corrected chi connectivity index (χ1v) is 12.7. The largest absolute Gasteiger partial charge is 0.480 e. The summed E-state index contributed by atoms with van der Waals surface area (Å²) in [5, 5.41) is 15.3. The molecule has 6 nitrogen and oxygen atoms in total. The number of ether oxygens (including phenoxy) is 1. The molecule has 2 aliphatic carbocycles. The molecule has 0 heterocycles. The number of alkyl carbamates (subject to hydrolysis) is 1. The van der Waals surface area contributed by atoms with Crippen molar-refractivity contribution in [3.63, 3.8) is 0 Å². The molecule has 3 N–H and O–H groups in total. The summed E-state index contributed by atoms with van der Waals surface area (Å²) in [7, 11) is 0. The van der Waals surface area contributed by atoms with E-state index in [-0.39, 0.29) is 0 Å². The zero-order valence-corrected chi connectivity index (χ0v) is 20.7. The standard InChI is InChI=1S/C12H23N.C11H21NO4S/c1-3-7-11(8-4-1)13-12-9-5-2-6-10-12;1-10(2,3)16-9(15)12-7(8(13)14)11(4,5)17-6/h11-13H,1-10H2;7H,1-6H3,(H,12,15)(H,13,14)/t;7-/m.1/s1.